The molecule has 20 heavy (non-hydrogen) atoms. The number of carbonyl (C=O) groups is 1. The molecule has 0 radical (unpaired) electrons. The monoisotopic (exact) mass is 292 g/mol. The first-order valence-electron chi connectivity index (χ1n) is 5.96. The lowest BCUT2D eigenvalue weighted by Crippen LogP contribution is -2.56. The van der Waals surface area contributed by atoms with Crippen molar-refractivity contribution in [3.63, 3.8) is 0 Å². The molecule has 0 fully saturated rings. The molecule has 1 rings (SSSR count). The molecule has 6 nitrogen and oxygen atoms in total. The average molecular weight is 292 g/mol. The molecule has 0 spiro atoms. The van der Waals surface area contributed by atoms with Crippen LogP contribution in [0.1, 0.15) is 32.2 Å². The van der Waals surface area contributed by atoms with Crippen LogP contribution in [-0.4, -0.2) is 38.0 Å². The molecule has 9 heteroatoms. The van der Waals surface area contributed by atoms with Crippen LogP contribution in [0, 0.1) is 0 Å². The van der Waals surface area contributed by atoms with E-state index >= 15 is 0 Å². The molecule has 0 saturated heterocycles. The number of carboxylic acid groups (broad SMARTS) is 1. The van der Waals surface area contributed by atoms with Crippen LogP contribution in [0.4, 0.5) is 19.1 Å². The smallest absolute Gasteiger partial charge is 0.422 e. The van der Waals surface area contributed by atoms with Crippen molar-refractivity contribution in [3.8, 4) is 0 Å². The van der Waals surface area contributed by atoms with Crippen LogP contribution in [-0.2, 0) is 17.6 Å². The molecule has 0 amide bonds. The Morgan fingerprint density at radius 2 is 1.75 bits per heavy atom. The summed E-state index contributed by atoms with van der Waals surface area (Å²) in [5, 5.41) is 17.9. The standard InChI is InChI=1S/C11H15F3N4O2/c1-4-6-7(5-2)17-18-9(15-6)16-10(3,8(19)20)11(12,13)14/h4-5H2,1-3H3,(H,19,20)(H,15,16,18). The van der Waals surface area contributed by atoms with Crippen LogP contribution in [0.25, 0.3) is 0 Å². The highest BCUT2D eigenvalue weighted by Crippen LogP contribution is 2.32. The molecule has 0 saturated carbocycles. The Labute approximate surface area is 113 Å². The molecule has 1 atom stereocenters. The van der Waals surface area contributed by atoms with E-state index in [-0.39, 0.29) is 0 Å². The van der Waals surface area contributed by atoms with Crippen molar-refractivity contribution in [3.05, 3.63) is 11.4 Å². The molecular formula is C11H15F3N4O2. The Balaban J connectivity index is 3.16. The van der Waals surface area contributed by atoms with Crippen molar-refractivity contribution in [2.24, 2.45) is 0 Å². The molecule has 0 aliphatic heterocycles. The maximum atomic E-state index is 12.8. The minimum absolute atomic E-state index is 0.457. The second-order valence-electron chi connectivity index (χ2n) is 4.29. The topological polar surface area (TPSA) is 88.0 Å². The zero-order chi connectivity index (χ0) is 15.6. The largest absolute Gasteiger partial charge is 0.479 e. The normalized spacial score (nSPS) is 14.7. The summed E-state index contributed by atoms with van der Waals surface area (Å²) in [6, 6.07) is 0. The summed E-state index contributed by atoms with van der Waals surface area (Å²) in [5.74, 6) is -2.52. The molecule has 1 heterocycles. The quantitative estimate of drug-likeness (QED) is 0.860. The summed E-state index contributed by atoms with van der Waals surface area (Å²) in [4.78, 5) is 14.8. The Bertz CT molecular complexity index is 507. The summed E-state index contributed by atoms with van der Waals surface area (Å²) >= 11 is 0. The lowest BCUT2D eigenvalue weighted by atomic mass is 10.0. The summed E-state index contributed by atoms with van der Waals surface area (Å²) in [7, 11) is 0. The van der Waals surface area contributed by atoms with Crippen molar-refractivity contribution in [1.29, 1.82) is 0 Å². The molecule has 2 N–H and O–H groups in total. The summed E-state index contributed by atoms with van der Waals surface area (Å²) in [5.41, 5.74) is -2.12. The molecule has 0 bridgehead atoms. The van der Waals surface area contributed by atoms with Gasteiger partial charge in [0.1, 0.15) is 0 Å². The fraction of sp³-hybridized carbons (Fsp3) is 0.636. The van der Waals surface area contributed by atoms with Gasteiger partial charge in [-0.15, -0.1) is 5.10 Å². The minimum Gasteiger partial charge on any atom is -0.479 e. The van der Waals surface area contributed by atoms with Gasteiger partial charge in [0.05, 0.1) is 11.4 Å². The highest BCUT2D eigenvalue weighted by Gasteiger charge is 2.58. The van der Waals surface area contributed by atoms with Gasteiger partial charge >= 0.3 is 12.1 Å². The van der Waals surface area contributed by atoms with Crippen LogP contribution in [0.3, 0.4) is 0 Å². The summed E-state index contributed by atoms with van der Waals surface area (Å²) in [6.45, 7) is 4.10. The van der Waals surface area contributed by atoms with Gasteiger partial charge in [-0.25, -0.2) is 9.78 Å². The van der Waals surface area contributed by atoms with Crippen molar-refractivity contribution < 1.29 is 23.1 Å². The van der Waals surface area contributed by atoms with Crippen LogP contribution >= 0.6 is 0 Å². The number of aromatic nitrogens is 3. The van der Waals surface area contributed by atoms with E-state index in [4.69, 9.17) is 5.11 Å². The summed E-state index contributed by atoms with van der Waals surface area (Å²) in [6.07, 6.45) is -4.00. The molecule has 1 aromatic rings. The number of carboxylic acids is 1. The highest BCUT2D eigenvalue weighted by molar-refractivity contribution is 5.82. The number of alkyl halides is 3. The molecule has 112 valence electrons. The first-order chi connectivity index (χ1) is 9.15. The average Bonchev–Trinajstić information content (AvgIpc) is 2.36. The molecule has 1 unspecified atom stereocenters. The number of rotatable bonds is 5. The van der Waals surface area contributed by atoms with Gasteiger partial charge in [-0.1, -0.05) is 13.8 Å². The first-order valence-corrected chi connectivity index (χ1v) is 5.96. The van der Waals surface area contributed by atoms with Crippen molar-refractivity contribution in [2.45, 2.75) is 45.3 Å². The van der Waals surface area contributed by atoms with Crippen molar-refractivity contribution in [2.75, 3.05) is 5.32 Å². The number of nitrogens with one attached hydrogen (secondary N) is 1. The maximum Gasteiger partial charge on any atom is 0.422 e. The third-order valence-corrected chi connectivity index (χ3v) is 2.87. The van der Waals surface area contributed by atoms with Gasteiger partial charge in [-0.3, -0.25) is 0 Å². The van der Waals surface area contributed by atoms with Crippen LogP contribution in [0.15, 0.2) is 0 Å². The van der Waals surface area contributed by atoms with E-state index in [1.165, 1.54) is 0 Å². The van der Waals surface area contributed by atoms with Gasteiger partial charge < -0.3 is 10.4 Å². The van der Waals surface area contributed by atoms with Crippen molar-refractivity contribution in [1.82, 2.24) is 15.2 Å². The minimum atomic E-state index is -5.00. The van der Waals surface area contributed by atoms with E-state index in [1.54, 1.807) is 6.92 Å². The Morgan fingerprint density at radius 1 is 1.20 bits per heavy atom. The summed E-state index contributed by atoms with van der Waals surface area (Å²) < 4.78 is 38.5. The zero-order valence-electron chi connectivity index (χ0n) is 11.2. The van der Waals surface area contributed by atoms with Gasteiger partial charge in [0.15, 0.2) is 0 Å². The molecule has 0 aliphatic carbocycles. The lowest BCUT2D eigenvalue weighted by Gasteiger charge is -2.28. The van der Waals surface area contributed by atoms with Gasteiger partial charge in [-0.05, 0) is 19.8 Å². The number of halogens is 3. The second-order valence-corrected chi connectivity index (χ2v) is 4.29. The molecular weight excluding hydrogens is 277 g/mol. The highest BCUT2D eigenvalue weighted by atomic mass is 19.4. The SMILES string of the molecule is CCc1nnc(NC(C)(C(=O)O)C(F)(F)F)nc1CC. The predicted octanol–water partition coefficient (Wildman–Crippen LogP) is 1.81. The van der Waals surface area contributed by atoms with Gasteiger partial charge in [-0.2, -0.15) is 18.3 Å². The Morgan fingerprint density at radius 3 is 2.15 bits per heavy atom. The number of anilines is 1. The van der Waals surface area contributed by atoms with E-state index < -0.39 is 23.6 Å². The third kappa shape index (κ3) is 2.97. The van der Waals surface area contributed by atoms with Gasteiger partial charge in [0.25, 0.3) is 0 Å². The fourth-order valence-electron chi connectivity index (χ4n) is 1.46. The van der Waals surface area contributed by atoms with E-state index in [0.717, 1.165) is 0 Å². The second kappa shape index (κ2) is 5.59. The predicted molar refractivity (Wildman–Crippen MR) is 64.3 cm³/mol. The zero-order valence-corrected chi connectivity index (χ0v) is 11.2. The molecule has 0 aliphatic rings. The number of hydrogen-bond donors (Lipinski definition) is 2. The first kappa shape index (κ1) is 16.1. The van der Waals surface area contributed by atoms with E-state index in [1.807, 2.05) is 12.2 Å². The number of aryl methyl sites for hydroxylation is 2. The lowest BCUT2D eigenvalue weighted by molar-refractivity contribution is -0.193. The van der Waals surface area contributed by atoms with Crippen LogP contribution < -0.4 is 5.32 Å². The maximum absolute atomic E-state index is 12.8. The van der Waals surface area contributed by atoms with Gasteiger partial charge in [0, 0.05) is 0 Å². The molecule has 1 aromatic heterocycles. The van der Waals surface area contributed by atoms with E-state index in [2.05, 4.69) is 15.2 Å². The number of nitrogens with zero attached hydrogens (tertiary/aromatic N) is 3. The molecule has 0 aromatic carbocycles. The Kier molecular flexibility index (Phi) is 4.51. The fourth-order valence-corrected chi connectivity index (χ4v) is 1.46. The van der Waals surface area contributed by atoms with Crippen LogP contribution in [0.2, 0.25) is 0 Å². The van der Waals surface area contributed by atoms with E-state index in [0.29, 0.717) is 31.2 Å². The number of aliphatic carboxylic acids is 1. The van der Waals surface area contributed by atoms with Gasteiger partial charge in [0.2, 0.25) is 11.5 Å². The van der Waals surface area contributed by atoms with Crippen molar-refractivity contribution >= 4 is 11.9 Å². The van der Waals surface area contributed by atoms with Crippen LogP contribution in [0.5, 0.6) is 0 Å². The van der Waals surface area contributed by atoms with E-state index in [9.17, 15) is 18.0 Å². The third-order valence-electron chi connectivity index (χ3n) is 2.87. The Hall–Kier alpha value is -1.93. The number of hydrogen-bond acceptors (Lipinski definition) is 5.